The summed E-state index contributed by atoms with van der Waals surface area (Å²) in [7, 11) is 1.95. The Bertz CT molecular complexity index is 1140. The number of nitrogens with zero attached hydrogens (tertiary/aromatic N) is 1. The smallest absolute Gasteiger partial charge is 0.224 e. The van der Waals surface area contributed by atoms with E-state index in [1.807, 2.05) is 60.4 Å². The zero-order valence-electron chi connectivity index (χ0n) is 15.9. The minimum Gasteiger partial charge on any atom is -0.357 e. The van der Waals surface area contributed by atoms with E-state index in [1.165, 1.54) is 0 Å². The van der Waals surface area contributed by atoms with E-state index in [-0.39, 0.29) is 5.91 Å². The molecular formula is C23H22ClN3O. The Morgan fingerprint density at radius 2 is 1.96 bits per heavy atom. The zero-order chi connectivity index (χ0) is 19.7. The number of benzene rings is 2. The van der Waals surface area contributed by atoms with Crippen molar-refractivity contribution in [1.82, 2.24) is 14.9 Å². The van der Waals surface area contributed by atoms with Gasteiger partial charge in [-0.3, -0.25) is 4.79 Å². The van der Waals surface area contributed by atoms with Crippen molar-refractivity contribution in [1.29, 1.82) is 0 Å². The number of hydrogen-bond donors (Lipinski definition) is 2. The summed E-state index contributed by atoms with van der Waals surface area (Å²) in [5.74, 6) is -0.00844. The number of carbonyl (C=O) groups excluding carboxylic acids is 1. The average molecular weight is 392 g/mol. The molecule has 4 nitrogen and oxygen atoms in total. The van der Waals surface area contributed by atoms with Gasteiger partial charge in [-0.15, -0.1) is 0 Å². The second-order valence-corrected chi connectivity index (χ2v) is 7.55. The Kier molecular flexibility index (Phi) is 4.97. The maximum atomic E-state index is 12.3. The number of halogens is 1. The molecule has 0 unspecified atom stereocenters. The van der Waals surface area contributed by atoms with Gasteiger partial charge in [0.1, 0.15) is 0 Å². The molecule has 0 bridgehead atoms. The summed E-state index contributed by atoms with van der Waals surface area (Å²) in [4.78, 5) is 15.9. The topological polar surface area (TPSA) is 49.8 Å². The maximum Gasteiger partial charge on any atom is 0.224 e. The Morgan fingerprint density at radius 3 is 2.68 bits per heavy atom. The van der Waals surface area contributed by atoms with Gasteiger partial charge >= 0.3 is 0 Å². The van der Waals surface area contributed by atoms with Gasteiger partial charge in [0.25, 0.3) is 0 Å². The minimum atomic E-state index is -0.00844. The minimum absolute atomic E-state index is 0.00844. The average Bonchev–Trinajstić information content (AvgIpc) is 3.24. The maximum absolute atomic E-state index is 12.3. The molecule has 0 atom stereocenters. The molecule has 0 aliphatic rings. The van der Waals surface area contributed by atoms with Crippen molar-refractivity contribution in [2.24, 2.45) is 7.05 Å². The van der Waals surface area contributed by atoms with Gasteiger partial charge in [0.05, 0.1) is 11.9 Å². The molecule has 0 aliphatic heterocycles. The van der Waals surface area contributed by atoms with Gasteiger partial charge in [-0.2, -0.15) is 0 Å². The van der Waals surface area contributed by atoms with Crippen LogP contribution < -0.4 is 5.32 Å². The number of carbonyl (C=O) groups is 1. The van der Waals surface area contributed by atoms with Crippen LogP contribution in [0.5, 0.6) is 0 Å². The van der Waals surface area contributed by atoms with Crippen LogP contribution in [0.1, 0.15) is 16.7 Å². The lowest BCUT2D eigenvalue weighted by Crippen LogP contribution is -2.24. The number of fused-ring (bicyclic) bond motifs is 1. The first kappa shape index (κ1) is 18.4. The van der Waals surface area contributed by atoms with Crippen LogP contribution in [0.4, 0.5) is 0 Å². The van der Waals surface area contributed by atoms with Crippen LogP contribution in [0.25, 0.3) is 22.2 Å². The van der Waals surface area contributed by atoms with Crippen LogP contribution >= 0.6 is 11.6 Å². The van der Waals surface area contributed by atoms with Crippen LogP contribution in [0, 0.1) is 6.92 Å². The van der Waals surface area contributed by atoms with Gasteiger partial charge in [0.15, 0.2) is 0 Å². The third kappa shape index (κ3) is 3.69. The van der Waals surface area contributed by atoms with Crippen LogP contribution in [-0.2, 0) is 24.8 Å². The molecule has 2 heterocycles. The van der Waals surface area contributed by atoms with E-state index in [2.05, 4.69) is 29.4 Å². The summed E-state index contributed by atoms with van der Waals surface area (Å²) in [5, 5.41) is 4.77. The molecule has 0 fully saturated rings. The molecule has 0 radical (unpaired) electrons. The lowest BCUT2D eigenvalue weighted by Gasteiger charge is -2.07. The van der Waals surface area contributed by atoms with E-state index in [1.54, 1.807) is 0 Å². The van der Waals surface area contributed by atoms with Crippen LogP contribution in [0.15, 0.2) is 60.9 Å². The lowest BCUT2D eigenvalue weighted by molar-refractivity contribution is -0.120. The summed E-state index contributed by atoms with van der Waals surface area (Å²) >= 11 is 6.37. The standard InChI is InChI=1S/C23H22ClN3O/c1-15-20-12-19(24)11-18(13-25-21(28)10-16-8-9-27(2)14-16)23(20)26-22(15)17-6-4-3-5-7-17/h3-9,11-12,14,26H,10,13H2,1-2H3,(H,25,28). The quantitative estimate of drug-likeness (QED) is 0.494. The second kappa shape index (κ2) is 7.56. The summed E-state index contributed by atoms with van der Waals surface area (Å²) in [6.07, 6.45) is 4.26. The summed E-state index contributed by atoms with van der Waals surface area (Å²) < 4.78 is 1.94. The van der Waals surface area contributed by atoms with E-state index in [4.69, 9.17) is 11.6 Å². The fourth-order valence-electron chi connectivity index (χ4n) is 3.60. The van der Waals surface area contributed by atoms with E-state index >= 15 is 0 Å². The molecule has 142 valence electrons. The highest BCUT2D eigenvalue weighted by Crippen LogP contribution is 2.33. The molecule has 2 aromatic carbocycles. The summed E-state index contributed by atoms with van der Waals surface area (Å²) in [5.41, 5.74) is 6.36. The first-order chi connectivity index (χ1) is 13.5. The highest BCUT2D eigenvalue weighted by molar-refractivity contribution is 6.31. The van der Waals surface area contributed by atoms with Crippen LogP contribution in [-0.4, -0.2) is 15.5 Å². The number of H-pyrrole nitrogens is 1. The fraction of sp³-hybridized carbons (Fsp3) is 0.174. The van der Waals surface area contributed by atoms with Gasteiger partial charge in [-0.05, 0) is 47.4 Å². The van der Waals surface area contributed by atoms with Crippen molar-refractivity contribution >= 4 is 28.4 Å². The highest BCUT2D eigenvalue weighted by atomic mass is 35.5. The van der Waals surface area contributed by atoms with Crippen molar-refractivity contribution in [3.05, 3.63) is 82.6 Å². The molecule has 0 spiro atoms. The number of hydrogen-bond acceptors (Lipinski definition) is 1. The summed E-state index contributed by atoms with van der Waals surface area (Å²) in [6.45, 7) is 2.52. The molecule has 4 rings (SSSR count). The van der Waals surface area contributed by atoms with E-state index in [9.17, 15) is 4.79 Å². The van der Waals surface area contributed by atoms with Crippen LogP contribution in [0.3, 0.4) is 0 Å². The predicted octanol–water partition coefficient (Wildman–Crippen LogP) is 4.99. The van der Waals surface area contributed by atoms with E-state index in [0.29, 0.717) is 18.0 Å². The predicted molar refractivity (Wildman–Crippen MR) is 114 cm³/mol. The van der Waals surface area contributed by atoms with E-state index < -0.39 is 0 Å². The first-order valence-corrected chi connectivity index (χ1v) is 9.62. The molecule has 4 aromatic rings. The third-order valence-corrected chi connectivity index (χ3v) is 5.23. The lowest BCUT2D eigenvalue weighted by atomic mass is 10.1. The Balaban J connectivity index is 1.61. The molecule has 0 saturated carbocycles. The Hall–Kier alpha value is -2.98. The fourth-order valence-corrected chi connectivity index (χ4v) is 3.84. The SMILES string of the molecule is Cc1c(-c2ccccc2)[nH]c2c(CNC(=O)Cc3ccn(C)c3)cc(Cl)cc12. The number of aryl methyl sites for hydroxylation is 2. The van der Waals surface area contributed by atoms with Gasteiger partial charge < -0.3 is 14.9 Å². The zero-order valence-corrected chi connectivity index (χ0v) is 16.7. The number of aromatic amines is 1. The molecule has 5 heteroatoms. The molecule has 0 saturated heterocycles. The number of rotatable bonds is 5. The van der Waals surface area contributed by atoms with Crippen molar-refractivity contribution in [3.63, 3.8) is 0 Å². The molecule has 1 amide bonds. The number of aromatic nitrogens is 2. The van der Waals surface area contributed by atoms with Crippen molar-refractivity contribution in [3.8, 4) is 11.3 Å². The van der Waals surface area contributed by atoms with Crippen molar-refractivity contribution in [2.75, 3.05) is 0 Å². The Morgan fingerprint density at radius 1 is 1.18 bits per heavy atom. The van der Waals surface area contributed by atoms with Gasteiger partial charge in [0, 0.05) is 42.1 Å². The Labute approximate surface area is 169 Å². The van der Waals surface area contributed by atoms with Gasteiger partial charge in [0.2, 0.25) is 5.91 Å². The van der Waals surface area contributed by atoms with Crippen LogP contribution in [0.2, 0.25) is 5.02 Å². The summed E-state index contributed by atoms with van der Waals surface area (Å²) in [6, 6.07) is 16.1. The van der Waals surface area contributed by atoms with Crippen molar-refractivity contribution < 1.29 is 4.79 Å². The molecule has 2 N–H and O–H groups in total. The largest absolute Gasteiger partial charge is 0.357 e. The number of nitrogens with one attached hydrogen (secondary N) is 2. The monoisotopic (exact) mass is 391 g/mol. The molecular weight excluding hydrogens is 370 g/mol. The second-order valence-electron chi connectivity index (χ2n) is 7.12. The molecule has 28 heavy (non-hydrogen) atoms. The number of amides is 1. The van der Waals surface area contributed by atoms with E-state index in [0.717, 1.165) is 38.9 Å². The van der Waals surface area contributed by atoms with Gasteiger partial charge in [-0.1, -0.05) is 41.9 Å². The van der Waals surface area contributed by atoms with Crippen molar-refractivity contribution in [2.45, 2.75) is 19.9 Å². The first-order valence-electron chi connectivity index (χ1n) is 9.25. The normalized spacial score (nSPS) is 11.1. The van der Waals surface area contributed by atoms with Gasteiger partial charge in [-0.25, -0.2) is 0 Å². The third-order valence-electron chi connectivity index (χ3n) is 5.01. The molecule has 2 aromatic heterocycles. The highest BCUT2D eigenvalue weighted by Gasteiger charge is 2.14. The molecule has 0 aliphatic carbocycles.